The van der Waals surface area contributed by atoms with Crippen LogP contribution in [0.3, 0.4) is 0 Å². The molecule has 0 radical (unpaired) electrons. The number of carbonyl (C=O) groups is 1. The van der Waals surface area contributed by atoms with Crippen LogP contribution < -0.4 is 20.5 Å². The number of nitrogens with one attached hydrogen (secondary N) is 1. The highest BCUT2D eigenvalue weighted by Crippen LogP contribution is 2.37. The van der Waals surface area contributed by atoms with E-state index in [9.17, 15) is 9.90 Å². The van der Waals surface area contributed by atoms with E-state index in [2.05, 4.69) is 21.2 Å². The zero-order valence-corrected chi connectivity index (χ0v) is 14.5. The van der Waals surface area contributed by atoms with Gasteiger partial charge in [0.15, 0.2) is 18.1 Å². The van der Waals surface area contributed by atoms with Gasteiger partial charge in [-0.1, -0.05) is 6.92 Å². The van der Waals surface area contributed by atoms with Gasteiger partial charge < -0.3 is 25.6 Å². The molecular formula is C15H23BrN2O4. The van der Waals surface area contributed by atoms with Gasteiger partial charge in [-0.25, -0.2) is 0 Å². The van der Waals surface area contributed by atoms with Gasteiger partial charge in [0.1, 0.15) is 0 Å². The quantitative estimate of drug-likeness (QED) is 0.577. The topological polar surface area (TPSA) is 93.8 Å². The lowest BCUT2D eigenvalue weighted by Crippen LogP contribution is -2.31. The van der Waals surface area contributed by atoms with Gasteiger partial charge in [-0.15, -0.1) is 0 Å². The number of rotatable bonds is 10. The van der Waals surface area contributed by atoms with Crippen LogP contribution in [0, 0.1) is 0 Å². The Hall–Kier alpha value is -1.31. The Labute approximate surface area is 139 Å². The molecule has 0 heterocycles. The zero-order chi connectivity index (χ0) is 16.5. The second-order valence-electron chi connectivity index (χ2n) is 4.76. The highest BCUT2D eigenvalue weighted by molar-refractivity contribution is 9.10. The number of ether oxygens (including phenoxy) is 2. The van der Waals surface area contributed by atoms with E-state index in [0.717, 1.165) is 12.0 Å². The van der Waals surface area contributed by atoms with Crippen LogP contribution in [-0.2, 0) is 11.3 Å². The molecule has 0 aliphatic rings. The first-order valence-electron chi connectivity index (χ1n) is 7.22. The fourth-order valence-electron chi connectivity index (χ4n) is 1.87. The first-order valence-corrected chi connectivity index (χ1v) is 8.01. The summed E-state index contributed by atoms with van der Waals surface area (Å²) >= 11 is 3.43. The molecule has 1 rings (SSSR count). The van der Waals surface area contributed by atoms with Crippen LogP contribution in [0.1, 0.15) is 25.8 Å². The summed E-state index contributed by atoms with van der Waals surface area (Å²) in [6.45, 7) is 4.83. The molecule has 0 aliphatic heterocycles. The Morgan fingerprint density at radius 3 is 2.68 bits per heavy atom. The molecule has 0 saturated heterocycles. The van der Waals surface area contributed by atoms with Crippen molar-refractivity contribution in [3.8, 4) is 11.5 Å². The summed E-state index contributed by atoms with van der Waals surface area (Å²) in [5.74, 6) is 0.458. The van der Waals surface area contributed by atoms with Crippen LogP contribution in [0.25, 0.3) is 0 Å². The number of amides is 1. The molecule has 1 aromatic carbocycles. The number of primary amides is 1. The smallest absolute Gasteiger partial charge is 0.255 e. The van der Waals surface area contributed by atoms with Gasteiger partial charge in [-0.3, -0.25) is 4.79 Å². The molecule has 6 nitrogen and oxygen atoms in total. The molecule has 124 valence electrons. The fraction of sp³-hybridized carbons (Fsp3) is 0.533. The predicted octanol–water partition coefficient (Wildman–Crippen LogP) is 1.57. The number of aliphatic hydroxyl groups is 1. The number of benzene rings is 1. The molecule has 1 unspecified atom stereocenters. The number of hydrogen-bond donors (Lipinski definition) is 3. The van der Waals surface area contributed by atoms with E-state index in [-0.39, 0.29) is 19.3 Å². The van der Waals surface area contributed by atoms with E-state index >= 15 is 0 Å². The minimum atomic E-state index is -0.547. The van der Waals surface area contributed by atoms with E-state index < -0.39 is 5.91 Å². The lowest BCUT2D eigenvalue weighted by molar-refractivity contribution is -0.119. The third-order valence-electron chi connectivity index (χ3n) is 3.04. The summed E-state index contributed by atoms with van der Waals surface area (Å²) in [5, 5.41) is 12.5. The van der Waals surface area contributed by atoms with Crippen LogP contribution in [-0.4, -0.2) is 36.9 Å². The average Bonchev–Trinajstić information content (AvgIpc) is 2.47. The highest BCUT2D eigenvalue weighted by atomic mass is 79.9. The molecule has 0 spiro atoms. The number of aliphatic hydroxyl groups excluding tert-OH is 1. The first kappa shape index (κ1) is 18.7. The van der Waals surface area contributed by atoms with E-state index in [1.165, 1.54) is 0 Å². The molecular weight excluding hydrogens is 352 g/mol. The van der Waals surface area contributed by atoms with Gasteiger partial charge in [0.25, 0.3) is 5.91 Å². The van der Waals surface area contributed by atoms with Gasteiger partial charge in [0, 0.05) is 12.6 Å². The monoisotopic (exact) mass is 374 g/mol. The van der Waals surface area contributed by atoms with E-state index in [1.807, 2.05) is 26.0 Å². The maximum Gasteiger partial charge on any atom is 0.255 e. The van der Waals surface area contributed by atoms with Crippen molar-refractivity contribution < 1.29 is 19.4 Å². The lowest BCUT2D eigenvalue weighted by Gasteiger charge is -2.17. The summed E-state index contributed by atoms with van der Waals surface area (Å²) < 4.78 is 11.7. The fourth-order valence-corrected chi connectivity index (χ4v) is 2.47. The number of nitrogens with two attached hydrogens (primary N) is 1. The Bertz CT molecular complexity index is 493. The lowest BCUT2D eigenvalue weighted by atomic mass is 10.1. The standard InChI is InChI=1S/C15H23BrN2O4/c1-3-11(8-19)18-7-10-5-12(16)15(22-9-14(17)20)13(6-10)21-4-2/h5-6,11,18-19H,3-4,7-9H2,1-2H3,(H2,17,20). The van der Waals surface area contributed by atoms with Crippen molar-refractivity contribution in [1.82, 2.24) is 5.32 Å². The second kappa shape index (κ2) is 9.66. The molecule has 4 N–H and O–H groups in total. The van der Waals surface area contributed by atoms with Crippen LogP contribution in [0.2, 0.25) is 0 Å². The van der Waals surface area contributed by atoms with Crippen molar-refractivity contribution in [3.05, 3.63) is 22.2 Å². The summed E-state index contributed by atoms with van der Waals surface area (Å²) in [6, 6.07) is 3.79. The zero-order valence-electron chi connectivity index (χ0n) is 12.9. The minimum absolute atomic E-state index is 0.0557. The van der Waals surface area contributed by atoms with Gasteiger partial charge in [0.2, 0.25) is 0 Å². The first-order chi connectivity index (χ1) is 10.5. The summed E-state index contributed by atoms with van der Waals surface area (Å²) in [6.07, 6.45) is 0.843. The van der Waals surface area contributed by atoms with E-state index in [1.54, 1.807) is 0 Å². The minimum Gasteiger partial charge on any atom is -0.490 e. The molecule has 1 atom stereocenters. The maximum absolute atomic E-state index is 10.9. The number of carbonyl (C=O) groups excluding carboxylic acids is 1. The SMILES string of the molecule is CCOc1cc(CNC(CC)CO)cc(Br)c1OCC(N)=O. The average molecular weight is 375 g/mol. The van der Waals surface area contributed by atoms with E-state index in [0.29, 0.717) is 29.1 Å². The Morgan fingerprint density at radius 1 is 1.41 bits per heavy atom. The van der Waals surface area contributed by atoms with Gasteiger partial charge in [-0.2, -0.15) is 0 Å². The van der Waals surface area contributed by atoms with Gasteiger partial charge in [-0.05, 0) is 47.0 Å². The summed E-state index contributed by atoms with van der Waals surface area (Å²) in [4.78, 5) is 10.9. The summed E-state index contributed by atoms with van der Waals surface area (Å²) in [7, 11) is 0. The largest absolute Gasteiger partial charge is 0.490 e. The van der Waals surface area contributed by atoms with E-state index in [4.69, 9.17) is 15.2 Å². The van der Waals surface area contributed by atoms with Crippen molar-refractivity contribution >= 4 is 21.8 Å². The Kier molecular flexibility index (Phi) is 8.22. The molecule has 0 saturated carbocycles. The second-order valence-corrected chi connectivity index (χ2v) is 5.62. The van der Waals surface area contributed by atoms with Crippen molar-refractivity contribution in [2.75, 3.05) is 19.8 Å². The van der Waals surface area contributed by atoms with Crippen LogP contribution in [0.4, 0.5) is 0 Å². The maximum atomic E-state index is 10.9. The predicted molar refractivity (Wildman–Crippen MR) is 88.0 cm³/mol. The van der Waals surface area contributed by atoms with Gasteiger partial charge in [0.05, 0.1) is 17.7 Å². The van der Waals surface area contributed by atoms with Crippen LogP contribution >= 0.6 is 15.9 Å². The molecule has 1 amide bonds. The number of halogens is 1. The number of hydrogen-bond acceptors (Lipinski definition) is 5. The molecule has 0 fully saturated rings. The third-order valence-corrected chi connectivity index (χ3v) is 3.63. The van der Waals surface area contributed by atoms with Crippen molar-refractivity contribution in [3.63, 3.8) is 0 Å². The van der Waals surface area contributed by atoms with Crippen molar-refractivity contribution in [1.29, 1.82) is 0 Å². The highest BCUT2D eigenvalue weighted by Gasteiger charge is 2.14. The normalized spacial score (nSPS) is 12.0. The summed E-state index contributed by atoms with van der Waals surface area (Å²) in [5.41, 5.74) is 6.08. The molecule has 0 aliphatic carbocycles. The molecule has 0 aromatic heterocycles. The molecule has 7 heteroatoms. The molecule has 1 aromatic rings. The Morgan fingerprint density at radius 2 is 2.14 bits per heavy atom. The van der Waals surface area contributed by atoms with Crippen LogP contribution in [0.15, 0.2) is 16.6 Å². The van der Waals surface area contributed by atoms with Crippen LogP contribution in [0.5, 0.6) is 11.5 Å². The van der Waals surface area contributed by atoms with Gasteiger partial charge >= 0.3 is 0 Å². The van der Waals surface area contributed by atoms with Crippen molar-refractivity contribution in [2.24, 2.45) is 5.73 Å². The molecule has 0 bridgehead atoms. The third kappa shape index (κ3) is 5.82. The molecule has 22 heavy (non-hydrogen) atoms. The Balaban J connectivity index is 2.90. The van der Waals surface area contributed by atoms with Crippen molar-refractivity contribution in [2.45, 2.75) is 32.9 Å².